The van der Waals surface area contributed by atoms with E-state index in [-0.39, 0.29) is 16.9 Å². The number of hydrogen-bond donors (Lipinski definition) is 1. The average Bonchev–Trinajstić information content (AvgIpc) is 3.01. The van der Waals surface area contributed by atoms with Gasteiger partial charge in [0.25, 0.3) is 11.7 Å². The van der Waals surface area contributed by atoms with E-state index >= 15 is 0 Å². The number of Topliss-reactive ketones (excluding diaryl/α,β-unsaturated/α-hetero) is 1. The Morgan fingerprint density at radius 2 is 1.81 bits per heavy atom. The van der Waals surface area contributed by atoms with E-state index in [1.807, 2.05) is 19.0 Å². The molecule has 31 heavy (non-hydrogen) atoms. The van der Waals surface area contributed by atoms with Crippen LogP contribution in [0.3, 0.4) is 0 Å². The number of carbonyl (C=O) groups excluding carboxylic acids is 2. The van der Waals surface area contributed by atoms with Gasteiger partial charge in [-0.25, -0.2) is 4.39 Å². The monoisotopic (exact) mass is 424 g/mol. The van der Waals surface area contributed by atoms with Crippen LogP contribution in [0.15, 0.2) is 66.8 Å². The van der Waals surface area contributed by atoms with Gasteiger partial charge in [0.2, 0.25) is 0 Å². The summed E-state index contributed by atoms with van der Waals surface area (Å²) in [6.45, 7) is 4.81. The topological polar surface area (TPSA) is 70.1 Å². The lowest BCUT2D eigenvalue weighted by Crippen LogP contribution is -2.35. The molecule has 0 aliphatic carbocycles. The number of carbonyl (C=O) groups is 2. The molecule has 0 spiro atoms. The molecule has 1 atom stereocenters. The van der Waals surface area contributed by atoms with Crippen molar-refractivity contribution < 1.29 is 23.8 Å². The molecule has 1 heterocycles. The Kier molecular flexibility index (Phi) is 6.87. The van der Waals surface area contributed by atoms with Crippen LogP contribution in [0.25, 0.3) is 5.76 Å². The van der Waals surface area contributed by atoms with E-state index in [4.69, 9.17) is 4.74 Å². The third-order valence-electron chi connectivity index (χ3n) is 5.01. The average molecular weight is 424 g/mol. The molecule has 3 rings (SSSR count). The van der Waals surface area contributed by atoms with Gasteiger partial charge in [0.1, 0.15) is 23.9 Å². The second-order valence-electron chi connectivity index (χ2n) is 7.47. The molecule has 0 bridgehead atoms. The smallest absolute Gasteiger partial charge is 0.295 e. The van der Waals surface area contributed by atoms with E-state index in [0.717, 1.165) is 0 Å². The predicted molar refractivity (Wildman–Crippen MR) is 116 cm³/mol. The van der Waals surface area contributed by atoms with E-state index < -0.39 is 23.5 Å². The number of amides is 1. The van der Waals surface area contributed by atoms with Crippen molar-refractivity contribution in [1.29, 1.82) is 0 Å². The van der Waals surface area contributed by atoms with Gasteiger partial charge in [0, 0.05) is 18.7 Å². The lowest BCUT2D eigenvalue weighted by molar-refractivity contribution is -0.140. The molecule has 0 radical (unpaired) electrons. The Hall–Kier alpha value is -3.45. The van der Waals surface area contributed by atoms with Crippen LogP contribution in [0.1, 0.15) is 17.2 Å². The molecule has 1 amide bonds. The summed E-state index contributed by atoms with van der Waals surface area (Å²) in [5.41, 5.74) is 0.908. The standard InChI is InChI=1S/C24H25FN2O4/c1-4-15-31-19-11-7-16(8-12-19)21-20(22(28)17-5-9-18(25)10-6-17)23(29)24(30)27(21)14-13-26(2)3/h4-12,21,28H,1,13-15H2,2-3H3/b22-20+/t21-/m0/s1. The van der Waals surface area contributed by atoms with Crippen molar-refractivity contribution in [3.05, 3.63) is 83.7 Å². The van der Waals surface area contributed by atoms with Gasteiger partial charge in [-0.3, -0.25) is 9.59 Å². The first kappa shape index (κ1) is 22.2. The van der Waals surface area contributed by atoms with Gasteiger partial charge in [0.15, 0.2) is 0 Å². The van der Waals surface area contributed by atoms with Crippen LogP contribution in [0.4, 0.5) is 4.39 Å². The number of likely N-dealkylation sites (N-methyl/N-ethyl adjacent to an activating group) is 1. The van der Waals surface area contributed by atoms with Gasteiger partial charge >= 0.3 is 0 Å². The maximum absolute atomic E-state index is 13.3. The van der Waals surface area contributed by atoms with Gasteiger partial charge in [-0.2, -0.15) is 0 Å². The van der Waals surface area contributed by atoms with Crippen molar-refractivity contribution in [3.63, 3.8) is 0 Å². The summed E-state index contributed by atoms with van der Waals surface area (Å²) in [6.07, 6.45) is 1.63. The number of rotatable bonds is 8. The number of aliphatic hydroxyl groups excluding tert-OH is 1. The molecule has 1 N–H and O–H groups in total. The zero-order chi connectivity index (χ0) is 22.5. The van der Waals surface area contributed by atoms with Gasteiger partial charge in [-0.1, -0.05) is 24.8 Å². The summed E-state index contributed by atoms with van der Waals surface area (Å²) in [6, 6.07) is 11.4. The number of benzene rings is 2. The van der Waals surface area contributed by atoms with Crippen molar-refractivity contribution in [2.75, 3.05) is 33.8 Å². The highest BCUT2D eigenvalue weighted by Crippen LogP contribution is 2.39. The number of halogens is 1. The van der Waals surface area contributed by atoms with Gasteiger partial charge in [-0.05, 0) is 56.1 Å². The van der Waals surface area contributed by atoms with Crippen LogP contribution >= 0.6 is 0 Å². The minimum Gasteiger partial charge on any atom is -0.507 e. The fourth-order valence-corrected chi connectivity index (χ4v) is 3.43. The molecule has 0 unspecified atom stereocenters. The number of hydrogen-bond acceptors (Lipinski definition) is 5. The molecule has 162 valence electrons. The molecule has 7 heteroatoms. The highest BCUT2D eigenvalue weighted by atomic mass is 19.1. The van der Waals surface area contributed by atoms with Crippen LogP contribution in [0.5, 0.6) is 5.75 Å². The van der Waals surface area contributed by atoms with E-state index in [1.165, 1.54) is 29.2 Å². The quantitative estimate of drug-likeness (QED) is 0.305. The molecule has 6 nitrogen and oxygen atoms in total. The van der Waals surface area contributed by atoms with Crippen LogP contribution in [-0.2, 0) is 9.59 Å². The van der Waals surface area contributed by atoms with Gasteiger partial charge in [0.05, 0.1) is 11.6 Å². The minimum absolute atomic E-state index is 0.0184. The number of nitrogens with zero attached hydrogens (tertiary/aromatic N) is 2. The van der Waals surface area contributed by atoms with E-state index in [9.17, 15) is 19.1 Å². The summed E-state index contributed by atoms with van der Waals surface area (Å²) in [5, 5.41) is 10.9. The first-order valence-electron chi connectivity index (χ1n) is 9.86. The third-order valence-corrected chi connectivity index (χ3v) is 5.01. The lowest BCUT2D eigenvalue weighted by atomic mass is 9.95. The molecule has 2 aromatic carbocycles. The molecule has 2 aromatic rings. The largest absolute Gasteiger partial charge is 0.507 e. The first-order chi connectivity index (χ1) is 14.8. The third kappa shape index (κ3) is 4.83. The number of ketones is 1. The molecule has 0 aromatic heterocycles. The summed E-state index contributed by atoms with van der Waals surface area (Å²) >= 11 is 0. The summed E-state index contributed by atoms with van der Waals surface area (Å²) < 4.78 is 18.8. The Morgan fingerprint density at radius 1 is 1.16 bits per heavy atom. The van der Waals surface area contributed by atoms with Crippen molar-refractivity contribution in [3.8, 4) is 5.75 Å². The van der Waals surface area contributed by atoms with E-state index in [1.54, 1.807) is 30.3 Å². The van der Waals surface area contributed by atoms with Crippen LogP contribution < -0.4 is 4.74 Å². The molecule has 0 saturated carbocycles. The van der Waals surface area contributed by atoms with Gasteiger partial charge in [-0.15, -0.1) is 0 Å². The Morgan fingerprint density at radius 3 is 2.39 bits per heavy atom. The fraction of sp³-hybridized carbons (Fsp3) is 0.250. The summed E-state index contributed by atoms with van der Waals surface area (Å²) in [5.74, 6) is -1.62. The van der Waals surface area contributed by atoms with Crippen LogP contribution in [0.2, 0.25) is 0 Å². The number of aliphatic hydroxyl groups is 1. The van der Waals surface area contributed by atoms with Gasteiger partial charge < -0.3 is 19.6 Å². The van der Waals surface area contributed by atoms with Crippen molar-refractivity contribution in [1.82, 2.24) is 9.80 Å². The summed E-state index contributed by atoms with van der Waals surface area (Å²) in [7, 11) is 3.74. The van der Waals surface area contributed by atoms with E-state index in [0.29, 0.717) is 31.0 Å². The predicted octanol–water partition coefficient (Wildman–Crippen LogP) is 3.37. The maximum atomic E-state index is 13.3. The van der Waals surface area contributed by atoms with Crippen LogP contribution in [0, 0.1) is 5.82 Å². The number of likely N-dealkylation sites (tertiary alicyclic amines) is 1. The first-order valence-corrected chi connectivity index (χ1v) is 9.86. The molecule has 1 aliphatic heterocycles. The Labute approximate surface area is 180 Å². The normalized spacial score (nSPS) is 17.9. The second kappa shape index (κ2) is 9.57. The second-order valence-corrected chi connectivity index (χ2v) is 7.47. The maximum Gasteiger partial charge on any atom is 0.295 e. The van der Waals surface area contributed by atoms with Crippen molar-refractivity contribution in [2.45, 2.75) is 6.04 Å². The van der Waals surface area contributed by atoms with Crippen LogP contribution in [-0.4, -0.2) is 60.4 Å². The minimum atomic E-state index is -0.766. The summed E-state index contributed by atoms with van der Waals surface area (Å²) in [4.78, 5) is 29.1. The zero-order valence-corrected chi connectivity index (χ0v) is 17.5. The molecule has 1 aliphatic rings. The molecule has 1 saturated heterocycles. The fourth-order valence-electron chi connectivity index (χ4n) is 3.43. The molecular formula is C24H25FN2O4. The highest BCUT2D eigenvalue weighted by Gasteiger charge is 2.45. The molecular weight excluding hydrogens is 399 g/mol. The van der Waals surface area contributed by atoms with E-state index in [2.05, 4.69) is 6.58 Å². The highest BCUT2D eigenvalue weighted by molar-refractivity contribution is 6.46. The lowest BCUT2D eigenvalue weighted by Gasteiger charge is -2.26. The van der Waals surface area contributed by atoms with Crippen molar-refractivity contribution >= 4 is 17.4 Å². The zero-order valence-electron chi connectivity index (χ0n) is 17.5. The number of ether oxygens (including phenoxy) is 1. The Bertz CT molecular complexity index is 997. The SMILES string of the molecule is C=CCOc1ccc([C@H]2/C(=C(\O)c3ccc(F)cc3)C(=O)C(=O)N2CCN(C)C)cc1. The Balaban J connectivity index is 2.07. The van der Waals surface area contributed by atoms with Crippen molar-refractivity contribution in [2.24, 2.45) is 0 Å². The molecule has 1 fully saturated rings.